The highest BCUT2D eigenvalue weighted by atomic mass is 16.5. The summed E-state index contributed by atoms with van der Waals surface area (Å²) in [6, 6.07) is 15.9. The molecular formula is C18H17N3O3. The zero-order chi connectivity index (χ0) is 17.4. The van der Waals surface area contributed by atoms with Gasteiger partial charge in [0, 0.05) is 12.2 Å². The summed E-state index contributed by atoms with van der Waals surface area (Å²) in [6.07, 6.45) is -0.160. The third-order valence-corrected chi connectivity index (χ3v) is 3.29. The molecule has 0 aliphatic heterocycles. The summed E-state index contributed by atoms with van der Waals surface area (Å²) in [5.74, 6) is -0.0691. The molecule has 0 saturated heterocycles. The summed E-state index contributed by atoms with van der Waals surface area (Å²) in [7, 11) is 1.52. The Morgan fingerprint density at radius 3 is 2.50 bits per heavy atom. The van der Waals surface area contributed by atoms with Gasteiger partial charge in [-0.2, -0.15) is 5.26 Å². The molecule has 0 saturated carbocycles. The van der Waals surface area contributed by atoms with E-state index in [1.54, 1.807) is 54.6 Å². The quantitative estimate of drug-likeness (QED) is 0.854. The van der Waals surface area contributed by atoms with E-state index in [-0.39, 0.29) is 18.2 Å². The van der Waals surface area contributed by atoms with Gasteiger partial charge in [0.1, 0.15) is 12.2 Å². The number of carbonyl (C=O) groups is 2. The lowest BCUT2D eigenvalue weighted by atomic mass is 10.1. The van der Waals surface area contributed by atoms with Gasteiger partial charge in [0.05, 0.1) is 18.7 Å². The van der Waals surface area contributed by atoms with Crippen LogP contribution in [0.5, 0.6) is 5.75 Å². The molecule has 0 atom stereocenters. The molecule has 0 spiro atoms. The average molecular weight is 323 g/mol. The number of nitrogens with one attached hydrogen (secondary N) is 2. The van der Waals surface area contributed by atoms with Gasteiger partial charge in [0.2, 0.25) is 5.91 Å². The lowest BCUT2D eigenvalue weighted by Crippen LogP contribution is -2.21. The van der Waals surface area contributed by atoms with Crippen molar-refractivity contribution in [2.45, 2.75) is 13.0 Å². The second kappa shape index (κ2) is 8.34. The minimum Gasteiger partial charge on any atom is -0.496 e. The normalized spacial score (nSPS) is 9.67. The Bertz CT molecular complexity index is 764. The van der Waals surface area contributed by atoms with Gasteiger partial charge in [-0.3, -0.25) is 9.59 Å². The van der Waals surface area contributed by atoms with Gasteiger partial charge >= 0.3 is 0 Å². The first-order valence-corrected chi connectivity index (χ1v) is 7.31. The van der Waals surface area contributed by atoms with Gasteiger partial charge in [-0.1, -0.05) is 24.3 Å². The van der Waals surface area contributed by atoms with Gasteiger partial charge in [0.15, 0.2) is 0 Å². The van der Waals surface area contributed by atoms with Crippen LogP contribution in [0.15, 0.2) is 48.5 Å². The summed E-state index contributed by atoms with van der Waals surface area (Å²) in [5, 5.41) is 13.9. The maximum atomic E-state index is 12.3. The van der Waals surface area contributed by atoms with E-state index in [1.165, 1.54) is 7.11 Å². The minimum absolute atomic E-state index is 0.160. The fourth-order valence-electron chi connectivity index (χ4n) is 2.07. The monoisotopic (exact) mass is 323 g/mol. The molecule has 0 heterocycles. The molecule has 0 radical (unpaired) electrons. The van der Waals surface area contributed by atoms with Crippen LogP contribution < -0.4 is 15.4 Å². The Kier molecular flexibility index (Phi) is 5.92. The first-order valence-electron chi connectivity index (χ1n) is 7.31. The van der Waals surface area contributed by atoms with Gasteiger partial charge < -0.3 is 15.4 Å². The molecule has 122 valence electrons. The molecule has 0 aromatic heterocycles. The number of hydrogen-bond donors (Lipinski definition) is 2. The molecule has 2 rings (SSSR count). The van der Waals surface area contributed by atoms with E-state index >= 15 is 0 Å². The summed E-state index contributed by atoms with van der Waals surface area (Å²) in [6.45, 7) is 0.335. The SMILES string of the molecule is COc1ccccc1C(=O)Nc1ccc(CNC(=O)CC#N)cc1. The number of nitrogens with zero attached hydrogens (tertiary/aromatic N) is 1. The largest absolute Gasteiger partial charge is 0.496 e. The van der Waals surface area contributed by atoms with Crippen molar-refractivity contribution in [3.8, 4) is 11.8 Å². The van der Waals surface area contributed by atoms with E-state index in [2.05, 4.69) is 10.6 Å². The van der Waals surface area contributed by atoms with E-state index in [9.17, 15) is 9.59 Å². The number of para-hydroxylation sites is 1. The number of nitriles is 1. The zero-order valence-electron chi connectivity index (χ0n) is 13.2. The highest BCUT2D eigenvalue weighted by Crippen LogP contribution is 2.19. The smallest absolute Gasteiger partial charge is 0.259 e. The van der Waals surface area contributed by atoms with E-state index in [0.29, 0.717) is 23.5 Å². The Hall–Kier alpha value is -3.33. The highest BCUT2D eigenvalue weighted by Gasteiger charge is 2.11. The zero-order valence-corrected chi connectivity index (χ0v) is 13.2. The molecule has 2 N–H and O–H groups in total. The van der Waals surface area contributed by atoms with E-state index in [0.717, 1.165) is 5.56 Å². The van der Waals surface area contributed by atoms with E-state index in [1.807, 2.05) is 0 Å². The fraction of sp³-hybridized carbons (Fsp3) is 0.167. The number of rotatable bonds is 6. The standard InChI is InChI=1S/C18H17N3O3/c1-24-16-5-3-2-4-15(16)18(23)21-14-8-6-13(7-9-14)12-20-17(22)10-11-19/h2-9H,10,12H2,1H3,(H,20,22)(H,21,23). The number of benzene rings is 2. The highest BCUT2D eigenvalue weighted by molar-refractivity contribution is 6.06. The van der Waals surface area contributed by atoms with Crippen LogP contribution in [0.3, 0.4) is 0 Å². The maximum Gasteiger partial charge on any atom is 0.259 e. The van der Waals surface area contributed by atoms with Crippen LogP contribution >= 0.6 is 0 Å². The molecule has 2 aromatic rings. The molecule has 2 amide bonds. The second-order valence-electron chi connectivity index (χ2n) is 4.96. The summed E-state index contributed by atoms with van der Waals surface area (Å²) in [5.41, 5.74) is 1.96. The van der Waals surface area contributed by atoms with Crippen molar-refractivity contribution < 1.29 is 14.3 Å². The van der Waals surface area contributed by atoms with Crippen molar-refractivity contribution in [2.75, 3.05) is 12.4 Å². The van der Waals surface area contributed by atoms with Crippen molar-refractivity contribution in [3.05, 3.63) is 59.7 Å². The third kappa shape index (κ3) is 4.58. The predicted molar refractivity (Wildman–Crippen MR) is 89.5 cm³/mol. The third-order valence-electron chi connectivity index (χ3n) is 3.29. The van der Waals surface area contributed by atoms with Crippen LogP contribution in [0.4, 0.5) is 5.69 Å². The van der Waals surface area contributed by atoms with Gasteiger partial charge in [-0.25, -0.2) is 0 Å². The van der Waals surface area contributed by atoms with Crippen LogP contribution in [0.1, 0.15) is 22.3 Å². The molecule has 0 fully saturated rings. The predicted octanol–water partition coefficient (Wildman–Crippen LogP) is 2.48. The molecule has 6 heteroatoms. The molecule has 0 bridgehead atoms. The van der Waals surface area contributed by atoms with Crippen LogP contribution in [-0.4, -0.2) is 18.9 Å². The summed E-state index contributed by atoms with van der Waals surface area (Å²) < 4.78 is 5.17. The number of hydrogen-bond acceptors (Lipinski definition) is 4. The molecule has 0 aliphatic carbocycles. The Morgan fingerprint density at radius 1 is 1.12 bits per heavy atom. The average Bonchev–Trinajstić information content (AvgIpc) is 2.61. The lowest BCUT2D eigenvalue weighted by molar-refractivity contribution is -0.120. The number of ether oxygens (including phenoxy) is 1. The molecule has 24 heavy (non-hydrogen) atoms. The van der Waals surface area contributed by atoms with Crippen LogP contribution in [0, 0.1) is 11.3 Å². The number of amides is 2. The summed E-state index contributed by atoms with van der Waals surface area (Å²) in [4.78, 5) is 23.5. The van der Waals surface area contributed by atoms with E-state index < -0.39 is 0 Å². The van der Waals surface area contributed by atoms with Crippen molar-refractivity contribution in [1.29, 1.82) is 5.26 Å². The first-order chi connectivity index (χ1) is 11.6. The van der Waals surface area contributed by atoms with Gasteiger partial charge in [-0.05, 0) is 29.8 Å². The Balaban J connectivity index is 1.97. The van der Waals surface area contributed by atoms with Crippen molar-refractivity contribution in [1.82, 2.24) is 5.32 Å². The molecule has 6 nitrogen and oxygen atoms in total. The lowest BCUT2D eigenvalue weighted by Gasteiger charge is -2.10. The molecule has 0 aliphatic rings. The topological polar surface area (TPSA) is 91.2 Å². The minimum atomic E-state index is -0.314. The van der Waals surface area contributed by atoms with Gasteiger partial charge in [-0.15, -0.1) is 0 Å². The maximum absolute atomic E-state index is 12.3. The molecule has 2 aromatic carbocycles. The van der Waals surface area contributed by atoms with Crippen molar-refractivity contribution in [2.24, 2.45) is 0 Å². The number of methoxy groups -OCH3 is 1. The number of carbonyl (C=O) groups excluding carboxylic acids is 2. The Morgan fingerprint density at radius 2 is 1.83 bits per heavy atom. The van der Waals surface area contributed by atoms with E-state index in [4.69, 9.17) is 10.00 Å². The molecule has 0 unspecified atom stereocenters. The fourth-order valence-corrected chi connectivity index (χ4v) is 2.07. The molecular weight excluding hydrogens is 306 g/mol. The van der Waals surface area contributed by atoms with Crippen LogP contribution in [0.2, 0.25) is 0 Å². The number of anilines is 1. The second-order valence-corrected chi connectivity index (χ2v) is 4.96. The van der Waals surface area contributed by atoms with Crippen molar-refractivity contribution in [3.63, 3.8) is 0 Å². The van der Waals surface area contributed by atoms with Crippen LogP contribution in [-0.2, 0) is 11.3 Å². The van der Waals surface area contributed by atoms with Crippen molar-refractivity contribution >= 4 is 17.5 Å². The Labute approximate surface area is 140 Å². The van der Waals surface area contributed by atoms with Crippen LogP contribution in [0.25, 0.3) is 0 Å². The summed E-state index contributed by atoms with van der Waals surface area (Å²) >= 11 is 0. The van der Waals surface area contributed by atoms with Gasteiger partial charge in [0.25, 0.3) is 5.91 Å². The first kappa shape index (κ1) is 17.0.